The number of nitrogens with zero attached hydrogens (tertiary/aromatic N) is 4. The Morgan fingerprint density at radius 3 is 2.68 bits per heavy atom. The number of aryl methyl sites for hydroxylation is 1. The molecule has 1 aliphatic rings. The Kier molecular flexibility index (Phi) is 5.14. The van der Waals surface area contributed by atoms with Crippen LogP contribution in [-0.2, 0) is 4.79 Å². The fourth-order valence-corrected chi connectivity index (χ4v) is 2.71. The molecule has 25 heavy (non-hydrogen) atoms. The van der Waals surface area contributed by atoms with Crippen LogP contribution in [0.2, 0.25) is 5.02 Å². The Hall–Kier alpha value is -2.67. The summed E-state index contributed by atoms with van der Waals surface area (Å²) in [4.78, 5) is 35.1. The second-order valence-corrected chi connectivity index (χ2v) is 6.20. The van der Waals surface area contributed by atoms with Crippen LogP contribution in [0.4, 0.5) is 11.6 Å². The zero-order chi connectivity index (χ0) is 17.8. The number of hydrogen-bond donors (Lipinski definition) is 1. The van der Waals surface area contributed by atoms with Crippen molar-refractivity contribution in [2.75, 3.05) is 31.5 Å². The molecule has 0 spiro atoms. The maximum atomic E-state index is 12.6. The molecule has 2 amide bonds. The van der Waals surface area contributed by atoms with Crippen LogP contribution in [0.15, 0.2) is 30.5 Å². The SMILES string of the molecule is Cc1ccc(Nc2nccc(C(=O)N3CCN(C=O)CC3)n2)cc1Cl. The molecule has 7 nitrogen and oxygen atoms in total. The molecular weight excluding hydrogens is 342 g/mol. The molecule has 0 aliphatic carbocycles. The lowest BCUT2D eigenvalue weighted by Crippen LogP contribution is -2.48. The second-order valence-electron chi connectivity index (χ2n) is 5.79. The molecule has 1 fully saturated rings. The van der Waals surface area contributed by atoms with Gasteiger partial charge in [-0.2, -0.15) is 0 Å². The molecule has 0 saturated carbocycles. The highest BCUT2D eigenvalue weighted by molar-refractivity contribution is 6.31. The third-order valence-electron chi connectivity index (χ3n) is 4.05. The van der Waals surface area contributed by atoms with Crippen molar-refractivity contribution in [2.45, 2.75) is 6.92 Å². The Morgan fingerprint density at radius 2 is 2.00 bits per heavy atom. The highest BCUT2D eigenvalue weighted by Crippen LogP contribution is 2.22. The van der Waals surface area contributed by atoms with Gasteiger partial charge in [0, 0.05) is 43.1 Å². The number of rotatable bonds is 4. The van der Waals surface area contributed by atoms with Gasteiger partial charge in [0.05, 0.1) is 0 Å². The van der Waals surface area contributed by atoms with Crippen molar-refractivity contribution in [1.82, 2.24) is 19.8 Å². The number of amides is 2. The average Bonchev–Trinajstić information content (AvgIpc) is 2.64. The molecule has 0 unspecified atom stereocenters. The Morgan fingerprint density at radius 1 is 1.24 bits per heavy atom. The summed E-state index contributed by atoms with van der Waals surface area (Å²) in [6, 6.07) is 7.14. The van der Waals surface area contributed by atoms with Gasteiger partial charge in [-0.25, -0.2) is 9.97 Å². The molecule has 2 heterocycles. The summed E-state index contributed by atoms with van der Waals surface area (Å²) in [7, 11) is 0. The monoisotopic (exact) mass is 359 g/mol. The summed E-state index contributed by atoms with van der Waals surface area (Å²) in [5, 5.41) is 3.70. The van der Waals surface area contributed by atoms with Gasteiger partial charge in [0.2, 0.25) is 12.4 Å². The topological polar surface area (TPSA) is 78.4 Å². The highest BCUT2D eigenvalue weighted by atomic mass is 35.5. The van der Waals surface area contributed by atoms with Crippen LogP contribution in [-0.4, -0.2) is 58.3 Å². The van der Waals surface area contributed by atoms with E-state index in [2.05, 4.69) is 15.3 Å². The van der Waals surface area contributed by atoms with Crippen LogP contribution in [0.25, 0.3) is 0 Å². The molecule has 0 radical (unpaired) electrons. The largest absolute Gasteiger partial charge is 0.342 e. The van der Waals surface area contributed by atoms with E-state index in [9.17, 15) is 9.59 Å². The van der Waals surface area contributed by atoms with Crippen LogP contribution in [0, 0.1) is 6.92 Å². The Balaban J connectivity index is 1.71. The molecule has 130 valence electrons. The van der Waals surface area contributed by atoms with Gasteiger partial charge >= 0.3 is 0 Å². The lowest BCUT2D eigenvalue weighted by atomic mass is 10.2. The molecule has 0 bridgehead atoms. The quantitative estimate of drug-likeness (QED) is 0.846. The van der Waals surface area contributed by atoms with Crippen molar-refractivity contribution in [1.29, 1.82) is 0 Å². The summed E-state index contributed by atoms with van der Waals surface area (Å²) < 4.78 is 0. The number of hydrogen-bond acceptors (Lipinski definition) is 5. The van der Waals surface area contributed by atoms with E-state index in [0.29, 0.717) is 42.8 Å². The van der Waals surface area contributed by atoms with Crippen molar-refractivity contribution in [3.63, 3.8) is 0 Å². The van der Waals surface area contributed by atoms with Crippen molar-refractivity contribution in [3.8, 4) is 0 Å². The summed E-state index contributed by atoms with van der Waals surface area (Å²) in [5.41, 5.74) is 2.04. The number of piperazine rings is 1. The normalized spacial score (nSPS) is 14.3. The summed E-state index contributed by atoms with van der Waals surface area (Å²) >= 11 is 6.12. The van der Waals surface area contributed by atoms with Crippen molar-refractivity contribution in [3.05, 3.63) is 46.7 Å². The minimum atomic E-state index is -0.169. The van der Waals surface area contributed by atoms with Crippen LogP contribution < -0.4 is 5.32 Å². The summed E-state index contributed by atoms with van der Waals surface area (Å²) in [6.07, 6.45) is 2.35. The zero-order valence-electron chi connectivity index (χ0n) is 13.8. The summed E-state index contributed by atoms with van der Waals surface area (Å²) in [6.45, 7) is 3.99. The van der Waals surface area contributed by atoms with Crippen molar-refractivity contribution in [2.24, 2.45) is 0 Å². The van der Waals surface area contributed by atoms with E-state index in [1.807, 2.05) is 19.1 Å². The molecule has 3 rings (SSSR count). The molecule has 1 aromatic carbocycles. The van der Waals surface area contributed by atoms with Gasteiger partial charge in [0.15, 0.2) is 0 Å². The van der Waals surface area contributed by atoms with E-state index in [1.54, 1.807) is 28.1 Å². The molecular formula is C17H18ClN5O2. The lowest BCUT2D eigenvalue weighted by molar-refractivity contribution is -0.119. The van der Waals surface area contributed by atoms with E-state index in [0.717, 1.165) is 17.7 Å². The number of carbonyl (C=O) groups is 2. The van der Waals surface area contributed by atoms with Crippen LogP contribution in [0.5, 0.6) is 0 Å². The maximum absolute atomic E-state index is 12.6. The minimum absolute atomic E-state index is 0.169. The van der Waals surface area contributed by atoms with Crippen LogP contribution in [0.3, 0.4) is 0 Å². The predicted octanol–water partition coefficient (Wildman–Crippen LogP) is 2.10. The fraction of sp³-hybridized carbons (Fsp3) is 0.294. The number of anilines is 2. The zero-order valence-corrected chi connectivity index (χ0v) is 14.5. The van der Waals surface area contributed by atoms with Crippen molar-refractivity contribution >= 4 is 35.6 Å². The van der Waals surface area contributed by atoms with Gasteiger partial charge in [-0.15, -0.1) is 0 Å². The third-order valence-corrected chi connectivity index (χ3v) is 4.46. The first-order valence-electron chi connectivity index (χ1n) is 7.91. The molecule has 1 saturated heterocycles. The Labute approximate surface area is 150 Å². The molecule has 8 heteroatoms. The molecule has 1 aromatic heterocycles. The van der Waals surface area contributed by atoms with Gasteiger partial charge in [-0.05, 0) is 30.7 Å². The first-order valence-corrected chi connectivity index (χ1v) is 8.29. The van der Waals surface area contributed by atoms with Crippen molar-refractivity contribution < 1.29 is 9.59 Å². The Bertz CT molecular complexity index is 790. The van der Waals surface area contributed by atoms with Gasteiger partial charge in [0.25, 0.3) is 5.91 Å². The smallest absolute Gasteiger partial charge is 0.272 e. The van der Waals surface area contributed by atoms with E-state index in [-0.39, 0.29) is 5.91 Å². The fourth-order valence-electron chi connectivity index (χ4n) is 2.53. The standard InChI is InChI=1S/C17H18ClN5O2/c1-12-2-3-13(10-14(12)18)20-17-19-5-4-15(21-17)16(25)23-8-6-22(11-24)7-9-23/h2-5,10-11H,6-9H2,1H3,(H,19,20,21). The van der Waals surface area contributed by atoms with Crippen LogP contribution >= 0.6 is 11.6 Å². The molecule has 0 atom stereocenters. The molecule has 1 aliphatic heterocycles. The van der Waals surface area contributed by atoms with Gasteiger partial charge in [0.1, 0.15) is 5.69 Å². The lowest BCUT2D eigenvalue weighted by Gasteiger charge is -2.32. The number of carbonyl (C=O) groups excluding carboxylic acids is 2. The summed E-state index contributed by atoms with van der Waals surface area (Å²) in [5.74, 6) is 0.162. The average molecular weight is 360 g/mol. The molecule has 2 aromatic rings. The maximum Gasteiger partial charge on any atom is 0.272 e. The highest BCUT2D eigenvalue weighted by Gasteiger charge is 2.22. The number of nitrogens with one attached hydrogen (secondary N) is 1. The number of benzene rings is 1. The third kappa shape index (κ3) is 4.06. The first kappa shape index (κ1) is 17.2. The number of aromatic nitrogens is 2. The van der Waals surface area contributed by atoms with E-state index in [4.69, 9.17) is 11.6 Å². The van der Waals surface area contributed by atoms with E-state index in [1.165, 1.54) is 0 Å². The van der Waals surface area contributed by atoms with Gasteiger partial charge in [-0.3, -0.25) is 9.59 Å². The first-order chi connectivity index (χ1) is 12.1. The molecule has 1 N–H and O–H groups in total. The van der Waals surface area contributed by atoms with E-state index < -0.39 is 0 Å². The second kappa shape index (κ2) is 7.48. The number of halogens is 1. The van der Waals surface area contributed by atoms with Gasteiger partial charge < -0.3 is 15.1 Å². The predicted molar refractivity (Wildman–Crippen MR) is 95.0 cm³/mol. The van der Waals surface area contributed by atoms with Gasteiger partial charge in [-0.1, -0.05) is 17.7 Å². The van der Waals surface area contributed by atoms with E-state index >= 15 is 0 Å². The van der Waals surface area contributed by atoms with Crippen LogP contribution in [0.1, 0.15) is 16.1 Å². The minimum Gasteiger partial charge on any atom is -0.342 e.